The number of nitrogens with two attached hydrogens (primary N) is 1. The van der Waals surface area contributed by atoms with E-state index in [1.165, 1.54) is 18.2 Å². The lowest BCUT2D eigenvalue weighted by molar-refractivity contribution is 0.510. The summed E-state index contributed by atoms with van der Waals surface area (Å²) in [6.45, 7) is 2.07. The SMILES string of the molecule is CCSc1ccc(C(NN)c2c(F)cccc2F)cc1. The average molecular weight is 294 g/mol. The smallest absolute Gasteiger partial charge is 0.131 e. The molecule has 2 rings (SSSR count). The first-order valence-electron chi connectivity index (χ1n) is 6.30. The van der Waals surface area contributed by atoms with Crippen molar-refractivity contribution in [3.05, 3.63) is 65.2 Å². The van der Waals surface area contributed by atoms with Crippen molar-refractivity contribution in [2.75, 3.05) is 5.75 Å². The zero-order valence-corrected chi connectivity index (χ0v) is 11.9. The molecule has 3 N–H and O–H groups in total. The number of hydrazine groups is 1. The van der Waals surface area contributed by atoms with Gasteiger partial charge in [-0.2, -0.15) is 0 Å². The Kier molecular flexibility index (Phi) is 5.11. The number of hydrogen-bond acceptors (Lipinski definition) is 3. The Labute approximate surface area is 121 Å². The number of thioether (sulfide) groups is 1. The van der Waals surface area contributed by atoms with Crippen LogP contribution in [-0.2, 0) is 0 Å². The van der Waals surface area contributed by atoms with E-state index in [2.05, 4.69) is 12.3 Å². The van der Waals surface area contributed by atoms with Crippen LogP contribution in [0.25, 0.3) is 0 Å². The van der Waals surface area contributed by atoms with Gasteiger partial charge in [0.1, 0.15) is 11.6 Å². The van der Waals surface area contributed by atoms with E-state index in [0.717, 1.165) is 16.2 Å². The molecule has 0 spiro atoms. The maximum atomic E-state index is 13.8. The van der Waals surface area contributed by atoms with E-state index in [4.69, 9.17) is 5.84 Å². The van der Waals surface area contributed by atoms with Crippen LogP contribution in [0.2, 0.25) is 0 Å². The van der Waals surface area contributed by atoms with Crippen molar-refractivity contribution in [3.63, 3.8) is 0 Å². The summed E-state index contributed by atoms with van der Waals surface area (Å²) in [6, 6.07) is 10.6. The van der Waals surface area contributed by atoms with Gasteiger partial charge in [-0.05, 0) is 35.6 Å². The Morgan fingerprint density at radius 2 is 1.70 bits per heavy atom. The molecule has 1 atom stereocenters. The van der Waals surface area contributed by atoms with Crippen LogP contribution in [0.1, 0.15) is 24.1 Å². The third kappa shape index (κ3) is 3.17. The molecule has 0 saturated carbocycles. The highest BCUT2D eigenvalue weighted by Gasteiger charge is 2.20. The molecule has 0 aromatic heterocycles. The number of benzene rings is 2. The highest BCUT2D eigenvalue weighted by atomic mass is 32.2. The Morgan fingerprint density at radius 3 is 2.20 bits per heavy atom. The minimum Gasteiger partial charge on any atom is -0.271 e. The van der Waals surface area contributed by atoms with Gasteiger partial charge in [0.25, 0.3) is 0 Å². The largest absolute Gasteiger partial charge is 0.271 e. The number of halogens is 2. The fourth-order valence-corrected chi connectivity index (χ4v) is 2.72. The molecule has 0 radical (unpaired) electrons. The van der Waals surface area contributed by atoms with Crippen LogP contribution >= 0.6 is 11.8 Å². The highest BCUT2D eigenvalue weighted by Crippen LogP contribution is 2.28. The lowest BCUT2D eigenvalue weighted by atomic mass is 9.98. The summed E-state index contributed by atoms with van der Waals surface area (Å²) in [4.78, 5) is 1.11. The van der Waals surface area contributed by atoms with E-state index in [1.54, 1.807) is 11.8 Å². The van der Waals surface area contributed by atoms with Crippen LogP contribution in [0.5, 0.6) is 0 Å². The van der Waals surface area contributed by atoms with Crippen molar-refractivity contribution in [1.82, 2.24) is 5.43 Å². The summed E-state index contributed by atoms with van der Waals surface area (Å²) in [5.74, 6) is 5.23. The summed E-state index contributed by atoms with van der Waals surface area (Å²) >= 11 is 1.71. The van der Waals surface area contributed by atoms with E-state index in [9.17, 15) is 8.78 Å². The second-order valence-electron chi connectivity index (χ2n) is 4.24. The summed E-state index contributed by atoms with van der Waals surface area (Å²) in [7, 11) is 0. The molecule has 0 amide bonds. The van der Waals surface area contributed by atoms with Gasteiger partial charge in [0, 0.05) is 10.5 Å². The lowest BCUT2D eigenvalue weighted by Gasteiger charge is -2.18. The predicted molar refractivity (Wildman–Crippen MR) is 78.4 cm³/mol. The third-order valence-corrected chi connectivity index (χ3v) is 3.87. The number of rotatable bonds is 5. The van der Waals surface area contributed by atoms with Gasteiger partial charge in [-0.3, -0.25) is 5.84 Å². The van der Waals surface area contributed by atoms with Crippen molar-refractivity contribution >= 4 is 11.8 Å². The van der Waals surface area contributed by atoms with Gasteiger partial charge < -0.3 is 0 Å². The van der Waals surface area contributed by atoms with Crippen molar-refractivity contribution < 1.29 is 8.78 Å². The van der Waals surface area contributed by atoms with Crippen LogP contribution in [0.4, 0.5) is 8.78 Å². The molecule has 0 saturated heterocycles. The first-order chi connectivity index (χ1) is 9.67. The van der Waals surface area contributed by atoms with Gasteiger partial charge in [0.2, 0.25) is 0 Å². The average Bonchev–Trinajstić information content (AvgIpc) is 2.45. The Morgan fingerprint density at radius 1 is 1.10 bits per heavy atom. The lowest BCUT2D eigenvalue weighted by Crippen LogP contribution is -2.30. The van der Waals surface area contributed by atoms with Crippen LogP contribution < -0.4 is 11.3 Å². The molecule has 5 heteroatoms. The van der Waals surface area contributed by atoms with Crippen LogP contribution in [-0.4, -0.2) is 5.75 Å². The second kappa shape index (κ2) is 6.83. The first-order valence-corrected chi connectivity index (χ1v) is 7.28. The second-order valence-corrected chi connectivity index (χ2v) is 5.57. The van der Waals surface area contributed by atoms with Crippen molar-refractivity contribution in [2.45, 2.75) is 17.9 Å². The molecule has 2 aromatic rings. The molecule has 2 aromatic carbocycles. The topological polar surface area (TPSA) is 38.0 Å². The van der Waals surface area contributed by atoms with Crippen LogP contribution in [0, 0.1) is 11.6 Å². The summed E-state index contributed by atoms with van der Waals surface area (Å²) < 4.78 is 27.7. The molecule has 0 fully saturated rings. The van der Waals surface area contributed by atoms with Crippen molar-refractivity contribution in [1.29, 1.82) is 0 Å². The number of hydrogen-bond donors (Lipinski definition) is 2. The van der Waals surface area contributed by atoms with Gasteiger partial charge in [0.15, 0.2) is 0 Å². The molecule has 106 valence electrons. The van der Waals surface area contributed by atoms with E-state index >= 15 is 0 Å². The van der Waals surface area contributed by atoms with Crippen molar-refractivity contribution in [3.8, 4) is 0 Å². The molecule has 0 aliphatic heterocycles. The maximum Gasteiger partial charge on any atom is 0.131 e. The molecule has 0 aliphatic rings. The predicted octanol–water partition coefficient (Wildman–Crippen LogP) is 3.63. The zero-order valence-electron chi connectivity index (χ0n) is 11.1. The monoisotopic (exact) mass is 294 g/mol. The molecule has 20 heavy (non-hydrogen) atoms. The van der Waals surface area contributed by atoms with Crippen LogP contribution in [0.3, 0.4) is 0 Å². The van der Waals surface area contributed by atoms with Gasteiger partial charge in [-0.25, -0.2) is 14.2 Å². The Bertz CT molecular complexity index is 552. The maximum absolute atomic E-state index is 13.8. The summed E-state index contributed by atoms with van der Waals surface area (Å²) in [5, 5.41) is 0. The standard InChI is InChI=1S/C15H16F2N2S/c1-2-20-11-8-6-10(7-9-11)15(19-18)14-12(16)4-3-5-13(14)17/h3-9,15,19H,2,18H2,1H3. The molecule has 0 aliphatic carbocycles. The van der Waals surface area contributed by atoms with Gasteiger partial charge >= 0.3 is 0 Å². The molecule has 0 heterocycles. The zero-order chi connectivity index (χ0) is 14.5. The fourth-order valence-electron chi connectivity index (χ4n) is 2.06. The van der Waals surface area contributed by atoms with Crippen LogP contribution in [0.15, 0.2) is 47.4 Å². The summed E-state index contributed by atoms with van der Waals surface area (Å²) in [5.41, 5.74) is 3.14. The fraction of sp³-hybridized carbons (Fsp3) is 0.200. The van der Waals surface area contributed by atoms with Gasteiger partial charge in [-0.1, -0.05) is 25.1 Å². The summed E-state index contributed by atoms with van der Waals surface area (Å²) in [6.07, 6.45) is 0. The normalized spacial score (nSPS) is 12.4. The van der Waals surface area contributed by atoms with E-state index in [-0.39, 0.29) is 5.56 Å². The minimum atomic E-state index is -0.711. The van der Waals surface area contributed by atoms with E-state index < -0.39 is 17.7 Å². The van der Waals surface area contributed by atoms with Crippen molar-refractivity contribution in [2.24, 2.45) is 5.84 Å². The molecular weight excluding hydrogens is 278 g/mol. The quantitative estimate of drug-likeness (QED) is 0.502. The molecule has 0 bridgehead atoms. The molecule has 1 unspecified atom stereocenters. The van der Waals surface area contributed by atoms with E-state index in [0.29, 0.717) is 0 Å². The Hall–Kier alpha value is -1.43. The first kappa shape index (κ1) is 15.0. The van der Waals surface area contributed by atoms with Gasteiger partial charge in [-0.15, -0.1) is 11.8 Å². The number of nitrogens with one attached hydrogen (secondary N) is 1. The van der Waals surface area contributed by atoms with E-state index in [1.807, 2.05) is 24.3 Å². The minimum absolute atomic E-state index is 0.0640. The highest BCUT2D eigenvalue weighted by molar-refractivity contribution is 7.99. The molecule has 2 nitrogen and oxygen atoms in total. The Balaban J connectivity index is 2.37. The van der Waals surface area contributed by atoms with Gasteiger partial charge in [0.05, 0.1) is 6.04 Å². The molecular formula is C15H16F2N2S. The third-order valence-electron chi connectivity index (χ3n) is 2.98.